The SMILES string of the molecule is C1#CC2CCC(C1)N2. The highest BCUT2D eigenvalue weighted by molar-refractivity contribution is 5.17. The number of nitrogens with one attached hydrogen (secondary N) is 1. The predicted molar refractivity (Wildman–Crippen MR) is 32.3 cm³/mol. The minimum atomic E-state index is 0.550. The Bertz CT molecular complexity index is 152. The molecule has 2 heterocycles. The van der Waals surface area contributed by atoms with Gasteiger partial charge in [-0.1, -0.05) is 5.92 Å². The van der Waals surface area contributed by atoms with Gasteiger partial charge < -0.3 is 0 Å². The molecule has 1 N–H and O–H groups in total. The van der Waals surface area contributed by atoms with Gasteiger partial charge in [-0.25, -0.2) is 0 Å². The first-order valence-electron chi connectivity index (χ1n) is 3.19. The van der Waals surface area contributed by atoms with Gasteiger partial charge in [-0.15, -0.1) is 5.92 Å². The van der Waals surface area contributed by atoms with Crippen LogP contribution in [0.2, 0.25) is 0 Å². The Morgan fingerprint density at radius 1 is 1.38 bits per heavy atom. The van der Waals surface area contributed by atoms with E-state index in [0.717, 1.165) is 12.5 Å². The van der Waals surface area contributed by atoms with E-state index in [-0.39, 0.29) is 0 Å². The standard InChI is InChI=1S/C7H9N/c1-2-6-4-5-7(3-1)8-6/h6-8H,2,4-5H2. The van der Waals surface area contributed by atoms with Crippen molar-refractivity contribution in [2.45, 2.75) is 31.3 Å². The molecule has 2 atom stereocenters. The highest BCUT2D eigenvalue weighted by atomic mass is 15.0. The number of hydrogen-bond acceptors (Lipinski definition) is 1. The van der Waals surface area contributed by atoms with Gasteiger partial charge in [0.15, 0.2) is 0 Å². The number of hydrogen-bond donors (Lipinski definition) is 1. The number of fused-ring (bicyclic) bond motifs is 2. The van der Waals surface area contributed by atoms with Crippen molar-refractivity contribution < 1.29 is 0 Å². The Balaban J connectivity index is 2.23. The van der Waals surface area contributed by atoms with Crippen molar-refractivity contribution in [3.8, 4) is 11.8 Å². The van der Waals surface area contributed by atoms with Crippen molar-refractivity contribution in [3.05, 3.63) is 0 Å². The maximum Gasteiger partial charge on any atom is 0.0692 e. The zero-order chi connectivity index (χ0) is 5.40. The molecule has 2 aliphatic heterocycles. The van der Waals surface area contributed by atoms with Gasteiger partial charge in [-0.3, -0.25) is 5.32 Å². The van der Waals surface area contributed by atoms with E-state index in [0.29, 0.717) is 6.04 Å². The fourth-order valence-corrected chi connectivity index (χ4v) is 1.40. The van der Waals surface area contributed by atoms with Gasteiger partial charge in [0.1, 0.15) is 0 Å². The van der Waals surface area contributed by atoms with Crippen LogP contribution in [0.4, 0.5) is 0 Å². The molecule has 0 amide bonds. The van der Waals surface area contributed by atoms with Gasteiger partial charge in [-0.05, 0) is 12.8 Å². The summed E-state index contributed by atoms with van der Waals surface area (Å²) in [5, 5.41) is 3.42. The molecule has 8 heavy (non-hydrogen) atoms. The van der Waals surface area contributed by atoms with Gasteiger partial charge >= 0.3 is 0 Å². The van der Waals surface area contributed by atoms with Gasteiger partial charge in [0.2, 0.25) is 0 Å². The first-order chi connectivity index (χ1) is 3.95. The lowest BCUT2D eigenvalue weighted by molar-refractivity contribution is 0.587. The second kappa shape index (κ2) is 1.50. The quantitative estimate of drug-likeness (QED) is 0.445. The van der Waals surface area contributed by atoms with Crippen molar-refractivity contribution in [1.82, 2.24) is 5.32 Å². The second-order valence-electron chi connectivity index (χ2n) is 2.52. The molecule has 1 fully saturated rings. The Morgan fingerprint density at radius 3 is 3.12 bits per heavy atom. The van der Waals surface area contributed by atoms with Crippen molar-refractivity contribution >= 4 is 0 Å². The normalized spacial score (nSPS) is 41.0. The van der Waals surface area contributed by atoms with Crippen LogP contribution in [-0.2, 0) is 0 Å². The van der Waals surface area contributed by atoms with E-state index in [1.54, 1.807) is 0 Å². The van der Waals surface area contributed by atoms with Gasteiger partial charge in [-0.2, -0.15) is 0 Å². The van der Waals surface area contributed by atoms with Gasteiger partial charge in [0.05, 0.1) is 6.04 Å². The summed E-state index contributed by atoms with van der Waals surface area (Å²) in [6.45, 7) is 0. The molecule has 2 aliphatic rings. The average Bonchev–Trinajstić information content (AvgIpc) is 2.12. The second-order valence-corrected chi connectivity index (χ2v) is 2.52. The molecule has 0 saturated carbocycles. The highest BCUT2D eigenvalue weighted by Crippen LogP contribution is 2.16. The molecule has 0 aliphatic carbocycles. The lowest BCUT2D eigenvalue weighted by Crippen LogP contribution is -2.30. The Labute approximate surface area is 49.5 Å². The smallest absolute Gasteiger partial charge is 0.0692 e. The van der Waals surface area contributed by atoms with Crippen molar-refractivity contribution in [1.29, 1.82) is 0 Å². The molecule has 1 heteroatoms. The molecule has 0 spiro atoms. The molecular formula is C7H9N. The topological polar surface area (TPSA) is 12.0 Å². The lowest BCUT2D eigenvalue weighted by Gasteiger charge is -2.10. The van der Waals surface area contributed by atoms with Crippen LogP contribution in [-0.4, -0.2) is 12.1 Å². The van der Waals surface area contributed by atoms with E-state index in [2.05, 4.69) is 17.2 Å². The summed E-state index contributed by atoms with van der Waals surface area (Å²) in [7, 11) is 0. The van der Waals surface area contributed by atoms with Crippen molar-refractivity contribution in [2.24, 2.45) is 0 Å². The molecule has 0 aromatic heterocycles. The zero-order valence-corrected chi connectivity index (χ0v) is 4.78. The van der Waals surface area contributed by atoms with Crippen molar-refractivity contribution in [3.63, 3.8) is 0 Å². The maximum atomic E-state index is 3.42. The minimum absolute atomic E-state index is 0.550. The predicted octanol–water partition coefficient (Wildman–Crippen LogP) is 0.514. The fraction of sp³-hybridized carbons (Fsp3) is 0.714. The third kappa shape index (κ3) is 0.535. The molecule has 2 unspecified atom stereocenters. The number of rotatable bonds is 0. The van der Waals surface area contributed by atoms with Crippen LogP contribution in [0.15, 0.2) is 0 Å². The van der Waals surface area contributed by atoms with E-state index in [1.807, 2.05) is 0 Å². The van der Waals surface area contributed by atoms with E-state index < -0.39 is 0 Å². The van der Waals surface area contributed by atoms with Crippen LogP contribution in [0, 0.1) is 11.8 Å². The van der Waals surface area contributed by atoms with Crippen LogP contribution in [0.1, 0.15) is 19.3 Å². The molecule has 2 rings (SSSR count). The Morgan fingerprint density at radius 2 is 2.38 bits per heavy atom. The molecule has 42 valence electrons. The lowest BCUT2D eigenvalue weighted by atomic mass is 10.2. The van der Waals surface area contributed by atoms with Gasteiger partial charge in [0, 0.05) is 12.5 Å². The maximum absolute atomic E-state index is 3.42. The summed E-state index contributed by atoms with van der Waals surface area (Å²) in [4.78, 5) is 0. The monoisotopic (exact) mass is 107 g/mol. The summed E-state index contributed by atoms with van der Waals surface area (Å²) in [6.07, 6.45) is 3.68. The summed E-state index contributed by atoms with van der Waals surface area (Å²) >= 11 is 0. The van der Waals surface area contributed by atoms with Crippen LogP contribution in [0.25, 0.3) is 0 Å². The van der Waals surface area contributed by atoms with Crippen LogP contribution in [0.5, 0.6) is 0 Å². The van der Waals surface area contributed by atoms with Crippen LogP contribution >= 0.6 is 0 Å². The fourth-order valence-electron chi connectivity index (χ4n) is 1.40. The molecule has 1 saturated heterocycles. The molecule has 0 radical (unpaired) electrons. The molecule has 2 bridgehead atoms. The molecular weight excluding hydrogens is 98.1 g/mol. The van der Waals surface area contributed by atoms with E-state index in [1.165, 1.54) is 12.8 Å². The zero-order valence-electron chi connectivity index (χ0n) is 4.78. The minimum Gasteiger partial charge on any atom is -0.300 e. The summed E-state index contributed by atoms with van der Waals surface area (Å²) in [5.74, 6) is 6.28. The molecule has 0 aromatic carbocycles. The molecule has 0 aromatic rings. The Hall–Kier alpha value is -0.480. The largest absolute Gasteiger partial charge is 0.300 e. The van der Waals surface area contributed by atoms with E-state index in [9.17, 15) is 0 Å². The third-order valence-electron chi connectivity index (χ3n) is 1.87. The van der Waals surface area contributed by atoms with E-state index in [4.69, 9.17) is 0 Å². The summed E-state index contributed by atoms with van der Waals surface area (Å²) in [5.41, 5.74) is 0. The van der Waals surface area contributed by atoms with Crippen molar-refractivity contribution in [2.75, 3.05) is 0 Å². The average molecular weight is 107 g/mol. The van der Waals surface area contributed by atoms with Crippen LogP contribution in [0.3, 0.4) is 0 Å². The summed E-state index contributed by atoms with van der Waals surface area (Å²) < 4.78 is 0. The Kier molecular flexibility index (Phi) is 0.824. The molecule has 1 nitrogen and oxygen atoms in total. The summed E-state index contributed by atoms with van der Waals surface area (Å²) in [6, 6.07) is 1.29. The van der Waals surface area contributed by atoms with Crippen LogP contribution < -0.4 is 5.32 Å². The first kappa shape index (κ1) is 4.40. The van der Waals surface area contributed by atoms with Gasteiger partial charge in [0.25, 0.3) is 0 Å². The third-order valence-corrected chi connectivity index (χ3v) is 1.87. The van der Waals surface area contributed by atoms with E-state index >= 15 is 0 Å². The highest BCUT2D eigenvalue weighted by Gasteiger charge is 2.23. The first-order valence-corrected chi connectivity index (χ1v) is 3.19.